The second-order valence-corrected chi connectivity index (χ2v) is 5.24. The fourth-order valence-electron chi connectivity index (χ4n) is 1.33. The third-order valence-electron chi connectivity index (χ3n) is 2.25. The van der Waals surface area contributed by atoms with Crippen LogP contribution in [0.1, 0.15) is 32.6 Å². The lowest BCUT2D eigenvalue weighted by Crippen LogP contribution is -2.34. The van der Waals surface area contributed by atoms with E-state index in [-0.39, 0.29) is 12.1 Å². The Balaban J connectivity index is 2.39. The summed E-state index contributed by atoms with van der Waals surface area (Å²) in [7, 11) is 0. The van der Waals surface area contributed by atoms with Crippen LogP contribution in [-0.2, 0) is 9.53 Å². The summed E-state index contributed by atoms with van der Waals surface area (Å²) in [5.41, 5.74) is 0. The zero-order valence-electron chi connectivity index (χ0n) is 7.69. The van der Waals surface area contributed by atoms with Gasteiger partial charge in [-0.3, -0.25) is 4.79 Å². The van der Waals surface area contributed by atoms with Crippen LogP contribution in [0.25, 0.3) is 0 Å². The Kier molecular flexibility index (Phi) is 4.29. The molecule has 1 atom stereocenters. The van der Waals surface area contributed by atoms with Crippen molar-refractivity contribution in [2.75, 3.05) is 4.43 Å². The van der Waals surface area contributed by atoms with E-state index >= 15 is 0 Å². The van der Waals surface area contributed by atoms with E-state index in [1.807, 2.05) is 0 Å². The van der Waals surface area contributed by atoms with E-state index in [1.165, 1.54) is 12.8 Å². The standard InChI is InChI=1S/C9H14ClIO2/c1-9(10,6-11)8(12)13-7-4-2-3-5-7/h7H,2-6H2,1H3. The predicted octanol–water partition coefficient (Wildman–Crippen LogP) is 2.90. The Morgan fingerprint density at radius 1 is 1.62 bits per heavy atom. The third kappa shape index (κ3) is 3.27. The number of carbonyl (C=O) groups is 1. The van der Waals surface area contributed by atoms with E-state index in [1.54, 1.807) is 6.92 Å². The molecule has 0 amide bonds. The minimum atomic E-state index is -0.844. The summed E-state index contributed by atoms with van der Waals surface area (Å²) in [6, 6.07) is 0. The van der Waals surface area contributed by atoms with Crippen molar-refractivity contribution < 1.29 is 9.53 Å². The molecule has 1 aliphatic rings. The number of carbonyl (C=O) groups excluding carboxylic acids is 1. The summed E-state index contributed by atoms with van der Waals surface area (Å²) in [6.07, 6.45) is 4.45. The first kappa shape index (κ1) is 11.6. The number of halogens is 2. The topological polar surface area (TPSA) is 26.3 Å². The molecule has 1 rings (SSSR count). The number of esters is 1. The van der Waals surface area contributed by atoms with E-state index < -0.39 is 4.87 Å². The first-order chi connectivity index (χ1) is 6.06. The monoisotopic (exact) mass is 316 g/mol. The molecule has 0 saturated heterocycles. The molecule has 76 valence electrons. The maximum atomic E-state index is 11.5. The van der Waals surface area contributed by atoms with Crippen LogP contribution in [-0.4, -0.2) is 21.4 Å². The Morgan fingerprint density at radius 2 is 2.15 bits per heavy atom. The SMILES string of the molecule is CC(Cl)(CI)C(=O)OC1CCCC1. The zero-order valence-corrected chi connectivity index (χ0v) is 10.6. The highest BCUT2D eigenvalue weighted by Gasteiger charge is 2.33. The van der Waals surface area contributed by atoms with Gasteiger partial charge in [0.05, 0.1) is 0 Å². The highest BCUT2D eigenvalue weighted by molar-refractivity contribution is 14.1. The van der Waals surface area contributed by atoms with Gasteiger partial charge in [0.25, 0.3) is 0 Å². The molecular formula is C9H14ClIO2. The molecule has 0 bridgehead atoms. The molecule has 1 unspecified atom stereocenters. The van der Waals surface area contributed by atoms with Crippen LogP contribution in [0.2, 0.25) is 0 Å². The average molecular weight is 317 g/mol. The van der Waals surface area contributed by atoms with Crippen molar-refractivity contribution in [3.63, 3.8) is 0 Å². The van der Waals surface area contributed by atoms with Crippen LogP contribution in [0.15, 0.2) is 0 Å². The minimum absolute atomic E-state index is 0.119. The molecule has 1 saturated carbocycles. The van der Waals surface area contributed by atoms with Crippen LogP contribution in [0, 0.1) is 0 Å². The van der Waals surface area contributed by atoms with Crippen LogP contribution >= 0.6 is 34.2 Å². The zero-order chi connectivity index (χ0) is 9.90. The molecule has 2 nitrogen and oxygen atoms in total. The summed E-state index contributed by atoms with van der Waals surface area (Å²) in [6.45, 7) is 1.71. The first-order valence-electron chi connectivity index (χ1n) is 4.52. The number of hydrogen-bond acceptors (Lipinski definition) is 2. The van der Waals surface area contributed by atoms with Gasteiger partial charge < -0.3 is 4.74 Å². The predicted molar refractivity (Wildman–Crippen MR) is 61.5 cm³/mol. The van der Waals surface area contributed by atoms with E-state index in [4.69, 9.17) is 16.3 Å². The Morgan fingerprint density at radius 3 is 2.62 bits per heavy atom. The molecule has 0 aromatic heterocycles. The molecule has 1 aliphatic carbocycles. The van der Waals surface area contributed by atoms with E-state index in [9.17, 15) is 4.79 Å². The second-order valence-electron chi connectivity index (χ2n) is 3.64. The Bertz CT molecular complexity index is 188. The van der Waals surface area contributed by atoms with Gasteiger partial charge in [0.2, 0.25) is 0 Å². The van der Waals surface area contributed by atoms with Crippen LogP contribution in [0.4, 0.5) is 0 Å². The number of ether oxygens (including phenoxy) is 1. The molecule has 0 aromatic carbocycles. The fraction of sp³-hybridized carbons (Fsp3) is 0.889. The smallest absolute Gasteiger partial charge is 0.327 e. The molecule has 1 fully saturated rings. The molecular weight excluding hydrogens is 302 g/mol. The first-order valence-corrected chi connectivity index (χ1v) is 6.42. The molecule has 0 heterocycles. The van der Waals surface area contributed by atoms with Crippen molar-refractivity contribution in [2.24, 2.45) is 0 Å². The molecule has 4 heteroatoms. The van der Waals surface area contributed by atoms with Gasteiger partial charge in [-0.1, -0.05) is 22.6 Å². The average Bonchev–Trinajstić information content (AvgIpc) is 2.57. The maximum absolute atomic E-state index is 11.5. The quantitative estimate of drug-likeness (QED) is 0.455. The van der Waals surface area contributed by atoms with Gasteiger partial charge >= 0.3 is 5.97 Å². The van der Waals surface area contributed by atoms with Crippen molar-refractivity contribution in [2.45, 2.75) is 43.6 Å². The molecule has 0 aromatic rings. The normalized spacial score (nSPS) is 22.7. The van der Waals surface area contributed by atoms with Gasteiger partial charge in [-0.2, -0.15) is 0 Å². The van der Waals surface area contributed by atoms with Gasteiger partial charge in [0, 0.05) is 4.43 Å². The van der Waals surface area contributed by atoms with Crippen molar-refractivity contribution in [3.05, 3.63) is 0 Å². The van der Waals surface area contributed by atoms with E-state index in [2.05, 4.69) is 22.6 Å². The van der Waals surface area contributed by atoms with Crippen molar-refractivity contribution in [1.29, 1.82) is 0 Å². The summed E-state index contributed by atoms with van der Waals surface area (Å²) < 4.78 is 5.87. The minimum Gasteiger partial charge on any atom is -0.461 e. The largest absolute Gasteiger partial charge is 0.461 e. The lowest BCUT2D eigenvalue weighted by atomic mass is 10.2. The number of hydrogen-bond donors (Lipinski definition) is 0. The summed E-state index contributed by atoms with van der Waals surface area (Å²) >= 11 is 8.07. The number of alkyl halides is 2. The highest BCUT2D eigenvalue weighted by Crippen LogP contribution is 2.25. The third-order valence-corrected chi connectivity index (χ3v) is 4.52. The van der Waals surface area contributed by atoms with Crippen molar-refractivity contribution >= 4 is 40.2 Å². The molecule has 0 radical (unpaired) electrons. The second kappa shape index (κ2) is 4.82. The van der Waals surface area contributed by atoms with Crippen molar-refractivity contribution in [3.8, 4) is 0 Å². The maximum Gasteiger partial charge on any atom is 0.327 e. The van der Waals surface area contributed by atoms with Gasteiger partial charge in [0.15, 0.2) is 0 Å². The molecule has 0 spiro atoms. The van der Waals surface area contributed by atoms with E-state index in [0.29, 0.717) is 4.43 Å². The van der Waals surface area contributed by atoms with Gasteiger partial charge in [-0.15, -0.1) is 11.6 Å². The van der Waals surface area contributed by atoms with Crippen LogP contribution in [0.5, 0.6) is 0 Å². The number of rotatable bonds is 3. The van der Waals surface area contributed by atoms with Crippen molar-refractivity contribution in [1.82, 2.24) is 0 Å². The van der Waals surface area contributed by atoms with Gasteiger partial charge in [-0.05, 0) is 32.6 Å². The lowest BCUT2D eigenvalue weighted by Gasteiger charge is -2.20. The summed E-state index contributed by atoms with van der Waals surface area (Å²) in [5.74, 6) is -0.268. The summed E-state index contributed by atoms with van der Waals surface area (Å²) in [5, 5.41) is 0. The Labute approximate surface area is 97.5 Å². The van der Waals surface area contributed by atoms with Crippen LogP contribution in [0.3, 0.4) is 0 Å². The molecule has 13 heavy (non-hydrogen) atoms. The Hall–Kier alpha value is 0.490. The van der Waals surface area contributed by atoms with Gasteiger partial charge in [0.1, 0.15) is 11.0 Å². The van der Waals surface area contributed by atoms with Gasteiger partial charge in [-0.25, -0.2) is 0 Å². The fourth-order valence-corrected chi connectivity index (χ4v) is 1.69. The summed E-state index contributed by atoms with van der Waals surface area (Å²) in [4.78, 5) is 10.6. The lowest BCUT2D eigenvalue weighted by molar-refractivity contribution is -0.150. The highest BCUT2D eigenvalue weighted by atomic mass is 127. The molecule has 0 N–H and O–H groups in total. The van der Waals surface area contributed by atoms with Crippen LogP contribution < -0.4 is 0 Å². The molecule has 0 aliphatic heterocycles. The van der Waals surface area contributed by atoms with E-state index in [0.717, 1.165) is 12.8 Å².